The molecule has 0 saturated heterocycles. The van der Waals surface area contributed by atoms with Crippen LogP contribution in [0, 0.1) is 5.92 Å². The van der Waals surface area contributed by atoms with Crippen LogP contribution in [0.4, 0.5) is 8.78 Å². The minimum Gasteiger partial charge on any atom is -0.496 e. The van der Waals surface area contributed by atoms with Gasteiger partial charge in [0.15, 0.2) is 11.5 Å². The summed E-state index contributed by atoms with van der Waals surface area (Å²) < 4.78 is 43.3. The van der Waals surface area contributed by atoms with Crippen LogP contribution in [0.2, 0.25) is 0 Å². The molecular weight excluding hydrogens is 242 g/mol. The monoisotopic (exact) mass is 260 g/mol. The second-order valence-electron chi connectivity index (χ2n) is 4.19. The van der Waals surface area contributed by atoms with Crippen molar-refractivity contribution in [1.29, 1.82) is 0 Å². The van der Waals surface area contributed by atoms with Gasteiger partial charge in [-0.3, -0.25) is 0 Å². The van der Waals surface area contributed by atoms with Gasteiger partial charge in [0.05, 0.1) is 26.9 Å². The fourth-order valence-corrected chi connectivity index (χ4v) is 1.60. The Morgan fingerprint density at radius 2 is 1.33 bits per heavy atom. The molecule has 0 heterocycles. The second kappa shape index (κ2) is 5.42. The van der Waals surface area contributed by atoms with Crippen molar-refractivity contribution < 1.29 is 23.0 Å². The molecule has 102 valence electrons. The van der Waals surface area contributed by atoms with Gasteiger partial charge in [-0.05, 0) is 6.07 Å². The number of methoxy groups -OCH3 is 3. The number of rotatable bonds is 5. The van der Waals surface area contributed by atoms with E-state index in [-0.39, 0.29) is 17.1 Å². The van der Waals surface area contributed by atoms with Crippen molar-refractivity contribution in [3.8, 4) is 17.2 Å². The Balaban J connectivity index is 3.43. The lowest BCUT2D eigenvalue weighted by Gasteiger charge is -2.24. The average Bonchev–Trinajstić information content (AvgIpc) is 2.36. The average molecular weight is 260 g/mol. The predicted molar refractivity (Wildman–Crippen MR) is 64.8 cm³/mol. The fraction of sp³-hybridized carbons (Fsp3) is 0.538. The topological polar surface area (TPSA) is 27.7 Å². The lowest BCUT2D eigenvalue weighted by atomic mass is 9.96. The van der Waals surface area contributed by atoms with Crippen LogP contribution >= 0.6 is 0 Å². The molecule has 0 radical (unpaired) electrons. The van der Waals surface area contributed by atoms with E-state index in [1.54, 1.807) is 0 Å². The van der Waals surface area contributed by atoms with Gasteiger partial charge in [0.2, 0.25) is 0 Å². The van der Waals surface area contributed by atoms with Gasteiger partial charge in [-0.1, -0.05) is 13.8 Å². The number of hydrogen-bond donors (Lipinski definition) is 0. The van der Waals surface area contributed by atoms with Crippen LogP contribution < -0.4 is 14.2 Å². The molecule has 0 saturated carbocycles. The molecule has 0 amide bonds. The van der Waals surface area contributed by atoms with E-state index in [0.29, 0.717) is 5.75 Å². The van der Waals surface area contributed by atoms with Crippen LogP contribution in [-0.4, -0.2) is 21.3 Å². The van der Waals surface area contributed by atoms with Crippen LogP contribution in [0.3, 0.4) is 0 Å². The Kier molecular flexibility index (Phi) is 4.38. The molecule has 5 heteroatoms. The van der Waals surface area contributed by atoms with Gasteiger partial charge < -0.3 is 14.2 Å². The zero-order valence-electron chi connectivity index (χ0n) is 11.2. The molecule has 0 aliphatic heterocycles. The molecule has 1 aromatic carbocycles. The highest BCUT2D eigenvalue weighted by molar-refractivity contribution is 5.52. The number of hydrogen-bond acceptors (Lipinski definition) is 3. The Bertz CT molecular complexity index is 417. The first-order valence-corrected chi connectivity index (χ1v) is 5.56. The third kappa shape index (κ3) is 2.49. The van der Waals surface area contributed by atoms with Gasteiger partial charge in [0.25, 0.3) is 5.92 Å². The lowest BCUT2D eigenvalue weighted by molar-refractivity contribution is -0.0532. The zero-order valence-corrected chi connectivity index (χ0v) is 11.2. The molecular formula is C13H18F2O3. The smallest absolute Gasteiger partial charge is 0.279 e. The van der Waals surface area contributed by atoms with Gasteiger partial charge in [0, 0.05) is 12.0 Å². The summed E-state index contributed by atoms with van der Waals surface area (Å²) in [5.41, 5.74) is -0.197. The maximum Gasteiger partial charge on any atom is 0.279 e. The quantitative estimate of drug-likeness (QED) is 0.811. The Morgan fingerprint density at radius 1 is 0.889 bits per heavy atom. The van der Waals surface area contributed by atoms with E-state index in [1.807, 2.05) is 0 Å². The molecule has 3 nitrogen and oxygen atoms in total. The van der Waals surface area contributed by atoms with E-state index in [1.165, 1.54) is 47.3 Å². The highest BCUT2D eigenvalue weighted by Crippen LogP contribution is 2.45. The third-order valence-corrected chi connectivity index (χ3v) is 2.79. The van der Waals surface area contributed by atoms with Gasteiger partial charge >= 0.3 is 0 Å². The molecule has 0 aliphatic rings. The van der Waals surface area contributed by atoms with E-state index in [9.17, 15) is 8.78 Å². The van der Waals surface area contributed by atoms with Crippen LogP contribution in [-0.2, 0) is 5.92 Å². The Morgan fingerprint density at radius 3 is 1.72 bits per heavy atom. The van der Waals surface area contributed by atoms with Crippen molar-refractivity contribution in [3.63, 3.8) is 0 Å². The van der Waals surface area contributed by atoms with Gasteiger partial charge in [-0.15, -0.1) is 0 Å². The minimum atomic E-state index is -3.00. The minimum absolute atomic E-state index is 0.0892. The van der Waals surface area contributed by atoms with E-state index in [0.717, 1.165) is 0 Å². The maximum absolute atomic E-state index is 14.1. The van der Waals surface area contributed by atoms with Crippen molar-refractivity contribution in [2.75, 3.05) is 21.3 Å². The third-order valence-electron chi connectivity index (χ3n) is 2.79. The van der Waals surface area contributed by atoms with Gasteiger partial charge in [0.1, 0.15) is 5.75 Å². The summed E-state index contributed by atoms with van der Waals surface area (Å²) in [6, 6.07) is 2.67. The van der Waals surface area contributed by atoms with E-state index in [2.05, 4.69) is 0 Å². The van der Waals surface area contributed by atoms with Crippen LogP contribution in [0.5, 0.6) is 17.2 Å². The lowest BCUT2D eigenvalue weighted by Crippen LogP contribution is -2.22. The van der Waals surface area contributed by atoms with E-state index >= 15 is 0 Å². The van der Waals surface area contributed by atoms with Gasteiger partial charge in [-0.2, -0.15) is 0 Å². The molecule has 1 aromatic rings. The standard InChI is InChI=1S/C13H18F2O3/c1-8(2)13(14,15)9-6-11(17-4)12(18-5)7-10(9)16-3/h6-8H,1-5H3. The largest absolute Gasteiger partial charge is 0.496 e. The first-order chi connectivity index (χ1) is 8.38. The molecule has 0 aromatic heterocycles. The second-order valence-corrected chi connectivity index (χ2v) is 4.19. The number of halogens is 2. The summed E-state index contributed by atoms with van der Waals surface area (Å²) in [6.07, 6.45) is 0. The SMILES string of the molecule is COc1cc(OC)c(C(F)(F)C(C)C)cc1OC. The highest BCUT2D eigenvalue weighted by atomic mass is 19.3. The molecule has 18 heavy (non-hydrogen) atoms. The summed E-state index contributed by atoms with van der Waals surface area (Å²) in [7, 11) is 4.19. The van der Waals surface area contributed by atoms with E-state index in [4.69, 9.17) is 14.2 Å². The number of benzene rings is 1. The van der Waals surface area contributed by atoms with Crippen molar-refractivity contribution in [3.05, 3.63) is 17.7 Å². The summed E-state index contributed by atoms with van der Waals surface area (Å²) >= 11 is 0. The maximum atomic E-state index is 14.1. The fourth-order valence-electron chi connectivity index (χ4n) is 1.60. The van der Waals surface area contributed by atoms with Crippen LogP contribution in [0.15, 0.2) is 12.1 Å². The molecule has 0 bridgehead atoms. The molecule has 0 aliphatic carbocycles. The Labute approximate surface area is 106 Å². The molecule has 0 fully saturated rings. The summed E-state index contributed by atoms with van der Waals surface area (Å²) in [4.78, 5) is 0. The van der Waals surface area contributed by atoms with E-state index < -0.39 is 11.8 Å². The highest BCUT2D eigenvalue weighted by Gasteiger charge is 2.39. The van der Waals surface area contributed by atoms with Crippen molar-refractivity contribution in [1.82, 2.24) is 0 Å². The number of alkyl halides is 2. The normalized spacial score (nSPS) is 11.6. The first kappa shape index (κ1) is 14.5. The predicted octanol–water partition coefficient (Wildman–Crippen LogP) is 3.46. The summed E-state index contributed by atoms with van der Waals surface area (Å²) in [5.74, 6) is -3.13. The van der Waals surface area contributed by atoms with Crippen molar-refractivity contribution >= 4 is 0 Å². The molecule has 0 N–H and O–H groups in total. The molecule has 1 rings (SSSR count). The summed E-state index contributed by atoms with van der Waals surface area (Å²) in [5, 5.41) is 0. The molecule has 0 atom stereocenters. The number of ether oxygens (including phenoxy) is 3. The first-order valence-electron chi connectivity index (χ1n) is 5.56. The van der Waals surface area contributed by atoms with Crippen molar-refractivity contribution in [2.45, 2.75) is 19.8 Å². The van der Waals surface area contributed by atoms with Gasteiger partial charge in [-0.25, -0.2) is 8.78 Å². The van der Waals surface area contributed by atoms with Crippen LogP contribution in [0.1, 0.15) is 19.4 Å². The Hall–Kier alpha value is -1.52. The zero-order chi connectivity index (χ0) is 13.9. The molecule has 0 spiro atoms. The van der Waals surface area contributed by atoms with Crippen molar-refractivity contribution in [2.24, 2.45) is 5.92 Å². The summed E-state index contributed by atoms with van der Waals surface area (Å²) in [6.45, 7) is 2.91. The molecule has 0 unspecified atom stereocenters. The van der Waals surface area contributed by atoms with Crippen LogP contribution in [0.25, 0.3) is 0 Å².